The van der Waals surface area contributed by atoms with Crippen molar-refractivity contribution in [1.82, 2.24) is 9.97 Å². The van der Waals surface area contributed by atoms with Gasteiger partial charge in [-0.1, -0.05) is 24.3 Å². The summed E-state index contributed by atoms with van der Waals surface area (Å²) in [5, 5.41) is 0.704. The zero-order chi connectivity index (χ0) is 19.7. The van der Waals surface area contributed by atoms with Crippen molar-refractivity contribution in [1.29, 1.82) is 0 Å². The van der Waals surface area contributed by atoms with Crippen LogP contribution in [0.4, 0.5) is 0 Å². The highest BCUT2D eigenvalue weighted by atomic mass is 16.5. The molecule has 3 N–H and O–H groups in total. The number of fused-ring (bicyclic) bond motifs is 1. The van der Waals surface area contributed by atoms with Gasteiger partial charge in [0.2, 0.25) is 5.91 Å². The number of ether oxygens (including phenoxy) is 1. The van der Waals surface area contributed by atoms with Crippen LogP contribution < -0.4 is 10.5 Å². The lowest BCUT2D eigenvalue weighted by Crippen LogP contribution is -2.10. The first kappa shape index (κ1) is 17.5. The van der Waals surface area contributed by atoms with Crippen LogP contribution in [0.3, 0.4) is 0 Å². The van der Waals surface area contributed by atoms with Crippen LogP contribution in [0.1, 0.15) is 26.3 Å². The number of rotatable bonds is 5. The Labute approximate surface area is 161 Å². The molecule has 0 radical (unpaired) electrons. The van der Waals surface area contributed by atoms with E-state index in [0.717, 1.165) is 11.1 Å². The summed E-state index contributed by atoms with van der Waals surface area (Å²) in [6.45, 7) is 0. The predicted octanol–water partition coefficient (Wildman–Crippen LogP) is 3.57. The van der Waals surface area contributed by atoms with E-state index < -0.39 is 5.91 Å². The molecule has 6 heteroatoms. The van der Waals surface area contributed by atoms with E-state index >= 15 is 0 Å². The fourth-order valence-electron chi connectivity index (χ4n) is 3.12. The molecular formula is C22H17N3O3. The number of hydrogen-bond acceptors (Lipinski definition) is 4. The molecule has 28 heavy (non-hydrogen) atoms. The maximum Gasteiger partial charge on any atom is 0.248 e. The first-order valence-corrected chi connectivity index (χ1v) is 8.63. The lowest BCUT2D eigenvalue weighted by molar-refractivity contribution is 0.0998. The number of nitrogens with one attached hydrogen (secondary N) is 1. The van der Waals surface area contributed by atoms with Gasteiger partial charge in [0, 0.05) is 40.0 Å². The molecule has 0 unspecified atom stereocenters. The average molecular weight is 371 g/mol. The number of methoxy groups -OCH3 is 1. The molecule has 0 saturated carbocycles. The number of hydrogen-bond donors (Lipinski definition) is 2. The van der Waals surface area contributed by atoms with Gasteiger partial charge in [-0.05, 0) is 35.9 Å². The van der Waals surface area contributed by atoms with Gasteiger partial charge in [0.25, 0.3) is 0 Å². The van der Waals surface area contributed by atoms with Gasteiger partial charge in [0.15, 0.2) is 5.78 Å². The van der Waals surface area contributed by atoms with Gasteiger partial charge in [-0.15, -0.1) is 0 Å². The molecule has 0 saturated heterocycles. The summed E-state index contributed by atoms with van der Waals surface area (Å²) < 4.78 is 5.21. The second-order valence-corrected chi connectivity index (χ2v) is 6.33. The summed E-state index contributed by atoms with van der Waals surface area (Å²) in [4.78, 5) is 31.9. The summed E-state index contributed by atoms with van der Waals surface area (Å²) in [6, 6.07) is 15.9. The van der Waals surface area contributed by atoms with Crippen molar-refractivity contribution in [3.05, 3.63) is 83.7 Å². The van der Waals surface area contributed by atoms with Crippen molar-refractivity contribution in [3.8, 4) is 16.9 Å². The Morgan fingerprint density at radius 1 is 1.00 bits per heavy atom. The van der Waals surface area contributed by atoms with Crippen LogP contribution in [0.2, 0.25) is 0 Å². The standard InChI is InChI=1S/C22H17N3O3/c1-28-17-7-3-5-14(9-17)20(26)19-12-25-22-18(19)10-16(11-24-22)13-4-2-6-15(8-13)21(23)27/h2-12H,1H3,(H2,23,27)(H,24,25). The number of aromatic amines is 1. The van der Waals surface area contributed by atoms with Gasteiger partial charge in [0.05, 0.1) is 7.11 Å². The molecule has 0 spiro atoms. The zero-order valence-electron chi connectivity index (χ0n) is 15.1. The van der Waals surface area contributed by atoms with Crippen LogP contribution in [0.25, 0.3) is 22.2 Å². The summed E-state index contributed by atoms with van der Waals surface area (Å²) in [7, 11) is 1.56. The number of amides is 1. The highest BCUT2D eigenvalue weighted by molar-refractivity contribution is 6.16. The largest absolute Gasteiger partial charge is 0.497 e. The molecule has 0 fully saturated rings. The minimum Gasteiger partial charge on any atom is -0.497 e. The van der Waals surface area contributed by atoms with Crippen molar-refractivity contribution >= 4 is 22.7 Å². The van der Waals surface area contributed by atoms with Crippen LogP contribution in [-0.4, -0.2) is 28.8 Å². The van der Waals surface area contributed by atoms with Gasteiger partial charge in [-0.2, -0.15) is 0 Å². The second-order valence-electron chi connectivity index (χ2n) is 6.33. The molecule has 6 nitrogen and oxygen atoms in total. The summed E-state index contributed by atoms with van der Waals surface area (Å²) in [6.07, 6.45) is 3.35. The van der Waals surface area contributed by atoms with Crippen LogP contribution >= 0.6 is 0 Å². The van der Waals surface area contributed by atoms with Gasteiger partial charge < -0.3 is 15.5 Å². The molecule has 0 aliphatic rings. The van der Waals surface area contributed by atoms with Crippen LogP contribution in [-0.2, 0) is 0 Å². The number of nitrogens with two attached hydrogens (primary N) is 1. The molecule has 2 aromatic carbocycles. The fraction of sp³-hybridized carbons (Fsp3) is 0.0455. The Morgan fingerprint density at radius 3 is 2.57 bits per heavy atom. The smallest absolute Gasteiger partial charge is 0.248 e. The third-order valence-corrected chi connectivity index (χ3v) is 4.59. The fourth-order valence-corrected chi connectivity index (χ4v) is 3.12. The molecule has 138 valence electrons. The Kier molecular flexibility index (Phi) is 4.37. The molecule has 0 aliphatic heterocycles. The van der Waals surface area contributed by atoms with Crippen LogP contribution in [0, 0.1) is 0 Å². The first-order valence-electron chi connectivity index (χ1n) is 8.63. The number of nitrogens with zero attached hydrogens (tertiary/aromatic N) is 1. The number of pyridine rings is 1. The SMILES string of the molecule is COc1cccc(C(=O)c2c[nH]c3ncc(-c4cccc(C(N)=O)c4)cc23)c1. The topological polar surface area (TPSA) is 98.1 Å². The van der Waals surface area contributed by atoms with Crippen LogP contribution in [0.5, 0.6) is 5.75 Å². The van der Waals surface area contributed by atoms with Crippen molar-refractivity contribution in [2.24, 2.45) is 5.73 Å². The Hall–Kier alpha value is -3.93. The molecule has 4 rings (SSSR count). The molecule has 0 aliphatic carbocycles. The van der Waals surface area contributed by atoms with E-state index in [1.807, 2.05) is 12.1 Å². The number of ketones is 1. The minimum absolute atomic E-state index is 0.130. The van der Waals surface area contributed by atoms with Crippen molar-refractivity contribution in [2.75, 3.05) is 7.11 Å². The number of carbonyl (C=O) groups excluding carboxylic acids is 2. The lowest BCUT2D eigenvalue weighted by Gasteiger charge is -2.05. The van der Waals surface area contributed by atoms with E-state index in [1.165, 1.54) is 0 Å². The number of primary amides is 1. The molecule has 4 aromatic rings. The van der Waals surface area contributed by atoms with E-state index in [4.69, 9.17) is 10.5 Å². The molecular weight excluding hydrogens is 354 g/mol. The van der Waals surface area contributed by atoms with E-state index in [9.17, 15) is 9.59 Å². The van der Waals surface area contributed by atoms with Gasteiger partial charge in [-0.3, -0.25) is 9.59 Å². The van der Waals surface area contributed by atoms with Crippen molar-refractivity contribution in [3.63, 3.8) is 0 Å². The number of aromatic nitrogens is 2. The predicted molar refractivity (Wildman–Crippen MR) is 106 cm³/mol. The van der Waals surface area contributed by atoms with E-state index in [2.05, 4.69) is 9.97 Å². The Balaban J connectivity index is 1.79. The highest BCUT2D eigenvalue weighted by Gasteiger charge is 2.16. The molecule has 0 bridgehead atoms. The molecule has 1 amide bonds. The monoisotopic (exact) mass is 371 g/mol. The minimum atomic E-state index is -0.494. The molecule has 0 atom stereocenters. The highest BCUT2D eigenvalue weighted by Crippen LogP contribution is 2.27. The third kappa shape index (κ3) is 3.12. The third-order valence-electron chi connectivity index (χ3n) is 4.59. The number of carbonyl (C=O) groups is 2. The normalized spacial score (nSPS) is 10.8. The Bertz CT molecular complexity index is 1210. The van der Waals surface area contributed by atoms with Crippen molar-refractivity contribution < 1.29 is 14.3 Å². The van der Waals surface area contributed by atoms with E-state index in [1.54, 1.807) is 62.0 Å². The van der Waals surface area contributed by atoms with Gasteiger partial charge in [-0.25, -0.2) is 4.98 Å². The number of benzene rings is 2. The van der Waals surface area contributed by atoms with Crippen molar-refractivity contribution in [2.45, 2.75) is 0 Å². The first-order chi connectivity index (χ1) is 13.6. The van der Waals surface area contributed by atoms with Gasteiger partial charge >= 0.3 is 0 Å². The maximum atomic E-state index is 13.0. The average Bonchev–Trinajstić information content (AvgIpc) is 3.16. The summed E-state index contributed by atoms with van der Waals surface area (Å²) in [5.41, 5.74) is 9.03. The lowest BCUT2D eigenvalue weighted by atomic mass is 10.00. The quantitative estimate of drug-likeness (QED) is 0.524. The second kappa shape index (κ2) is 7.00. The maximum absolute atomic E-state index is 13.0. The summed E-state index contributed by atoms with van der Waals surface area (Å²) in [5.74, 6) is -0.00539. The Morgan fingerprint density at radius 2 is 1.79 bits per heavy atom. The van der Waals surface area contributed by atoms with E-state index in [-0.39, 0.29) is 5.78 Å². The van der Waals surface area contributed by atoms with Gasteiger partial charge in [0.1, 0.15) is 11.4 Å². The molecule has 2 aromatic heterocycles. The number of H-pyrrole nitrogens is 1. The van der Waals surface area contributed by atoms with E-state index in [0.29, 0.717) is 33.5 Å². The zero-order valence-corrected chi connectivity index (χ0v) is 15.1. The molecule has 2 heterocycles. The summed E-state index contributed by atoms with van der Waals surface area (Å²) >= 11 is 0. The van der Waals surface area contributed by atoms with Crippen LogP contribution in [0.15, 0.2) is 67.0 Å².